The first kappa shape index (κ1) is 19.0. The van der Waals surface area contributed by atoms with E-state index >= 15 is 4.39 Å². The lowest BCUT2D eigenvalue weighted by atomic mass is 9.43. The molecule has 4 aliphatic rings. The highest BCUT2D eigenvalue weighted by Crippen LogP contribution is 2.70. The fourth-order valence-corrected chi connectivity index (χ4v) is 7.18. The van der Waals surface area contributed by atoms with Crippen molar-refractivity contribution >= 4 is 11.6 Å². The van der Waals surface area contributed by atoms with E-state index < -0.39 is 34.1 Å². The number of rotatable bonds is 1. The maximum absolute atomic E-state index is 16.9. The molecular formula is C22H29FO4. The first-order chi connectivity index (χ1) is 12.4. The van der Waals surface area contributed by atoms with Crippen LogP contribution in [0.2, 0.25) is 0 Å². The van der Waals surface area contributed by atoms with Crippen LogP contribution in [0.5, 0.6) is 0 Å². The lowest BCUT2D eigenvalue weighted by Gasteiger charge is -2.63. The average Bonchev–Trinajstić information content (AvgIpc) is 2.85. The van der Waals surface area contributed by atoms with Crippen LogP contribution in [0.1, 0.15) is 53.4 Å². The molecule has 0 aromatic rings. The van der Waals surface area contributed by atoms with E-state index in [4.69, 9.17) is 0 Å². The molecule has 0 amide bonds. The molecule has 4 rings (SSSR count). The van der Waals surface area contributed by atoms with E-state index in [1.165, 1.54) is 19.1 Å². The molecule has 0 aliphatic heterocycles. The molecule has 4 nitrogen and oxygen atoms in total. The van der Waals surface area contributed by atoms with Gasteiger partial charge in [0.05, 0.1) is 6.10 Å². The number of Topliss-reactive ketones (excluding diaryl/α,β-unsaturated/α-hetero) is 1. The van der Waals surface area contributed by atoms with Gasteiger partial charge in [-0.25, -0.2) is 4.39 Å². The van der Waals surface area contributed by atoms with Gasteiger partial charge in [-0.3, -0.25) is 9.59 Å². The third-order valence-electron chi connectivity index (χ3n) is 8.70. The van der Waals surface area contributed by atoms with E-state index in [2.05, 4.69) is 0 Å². The Kier molecular flexibility index (Phi) is 3.79. The number of hydrogen-bond donors (Lipinski definition) is 2. The predicted octanol–water partition coefficient (Wildman–Crippen LogP) is 2.92. The fraction of sp³-hybridized carbons (Fsp3) is 0.727. The van der Waals surface area contributed by atoms with Gasteiger partial charge >= 0.3 is 0 Å². The van der Waals surface area contributed by atoms with Gasteiger partial charge in [0, 0.05) is 16.7 Å². The number of ketones is 2. The number of alkyl halides is 1. The Bertz CT molecular complexity index is 787. The molecule has 3 fully saturated rings. The number of aliphatic hydroxyl groups is 2. The van der Waals surface area contributed by atoms with Crippen LogP contribution in [0.25, 0.3) is 0 Å². The molecule has 0 aromatic carbocycles. The Morgan fingerprint density at radius 3 is 2.59 bits per heavy atom. The minimum Gasteiger partial charge on any atom is -0.390 e. The summed E-state index contributed by atoms with van der Waals surface area (Å²) in [6.45, 7) is 7.01. The molecule has 0 bridgehead atoms. The van der Waals surface area contributed by atoms with Gasteiger partial charge in [-0.15, -0.1) is 0 Å². The van der Waals surface area contributed by atoms with Gasteiger partial charge in [0.15, 0.2) is 17.2 Å². The number of aliphatic hydroxyl groups excluding tert-OH is 1. The zero-order chi connectivity index (χ0) is 20.0. The van der Waals surface area contributed by atoms with Crippen LogP contribution in [0.15, 0.2) is 23.8 Å². The zero-order valence-electron chi connectivity index (χ0n) is 16.5. The molecule has 5 unspecified atom stereocenters. The molecule has 0 heterocycles. The third kappa shape index (κ3) is 2.00. The second-order valence-electron chi connectivity index (χ2n) is 9.75. The standard InChI is InChI=1S/C22H29FO4/c1-12-9-17-15-6-8-21(27,13(2)24)20(15,4)11-18(26)22(17,23)19(3)7-5-14(25)10-16(12)19/h5,7,10,12,15,17-18,26-27H,6,8-9,11H2,1-4H3/t12?,15?,17?,18?,19?,20-,21-,22+/m1/s1. The lowest BCUT2D eigenvalue weighted by molar-refractivity contribution is -0.219. The number of halogens is 1. The van der Waals surface area contributed by atoms with E-state index in [1.54, 1.807) is 13.0 Å². The van der Waals surface area contributed by atoms with Crippen molar-refractivity contribution in [2.75, 3.05) is 0 Å². The molecule has 2 N–H and O–H groups in total. The average molecular weight is 376 g/mol. The third-order valence-corrected chi connectivity index (χ3v) is 8.70. The Hall–Kier alpha value is -1.33. The summed E-state index contributed by atoms with van der Waals surface area (Å²) >= 11 is 0. The van der Waals surface area contributed by atoms with E-state index in [1.807, 2.05) is 13.8 Å². The van der Waals surface area contributed by atoms with Crippen molar-refractivity contribution in [3.8, 4) is 0 Å². The summed E-state index contributed by atoms with van der Waals surface area (Å²) in [4.78, 5) is 24.2. The molecule has 0 spiro atoms. The van der Waals surface area contributed by atoms with Crippen LogP contribution in [-0.4, -0.2) is 39.2 Å². The van der Waals surface area contributed by atoms with E-state index in [0.29, 0.717) is 19.3 Å². The Morgan fingerprint density at radius 1 is 1.30 bits per heavy atom. The predicted molar refractivity (Wildman–Crippen MR) is 98.5 cm³/mol. The molecule has 27 heavy (non-hydrogen) atoms. The van der Waals surface area contributed by atoms with Gasteiger partial charge in [-0.1, -0.05) is 25.5 Å². The maximum Gasteiger partial charge on any atom is 0.178 e. The molecule has 0 aromatic heterocycles. The topological polar surface area (TPSA) is 74.6 Å². The quantitative estimate of drug-likeness (QED) is 0.738. The number of fused-ring (bicyclic) bond motifs is 5. The molecule has 8 atom stereocenters. The van der Waals surface area contributed by atoms with Crippen LogP contribution in [0, 0.1) is 28.6 Å². The Balaban J connectivity index is 1.86. The SMILES string of the molecule is CC(=O)[C@]1(O)CCC2C3CC(C)C4=CC(=O)C=CC4(C)[C@@]3(F)C(O)C[C@]21C. The Morgan fingerprint density at radius 2 is 1.96 bits per heavy atom. The number of carbonyl (C=O) groups is 2. The maximum atomic E-state index is 16.9. The van der Waals surface area contributed by atoms with Crippen molar-refractivity contribution in [3.05, 3.63) is 23.8 Å². The molecule has 148 valence electrons. The van der Waals surface area contributed by atoms with E-state index in [0.717, 1.165) is 5.57 Å². The molecule has 5 heteroatoms. The largest absolute Gasteiger partial charge is 0.390 e. The minimum atomic E-state index is -1.92. The summed E-state index contributed by atoms with van der Waals surface area (Å²) in [6.07, 6.45) is 4.68. The van der Waals surface area contributed by atoms with Crippen LogP contribution in [0.4, 0.5) is 4.39 Å². The number of carbonyl (C=O) groups excluding carboxylic acids is 2. The second kappa shape index (κ2) is 5.38. The molecule has 0 saturated heterocycles. The highest BCUT2D eigenvalue weighted by molar-refractivity contribution is 6.01. The van der Waals surface area contributed by atoms with Crippen molar-refractivity contribution in [1.29, 1.82) is 0 Å². The molecular weight excluding hydrogens is 347 g/mol. The van der Waals surface area contributed by atoms with Crippen LogP contribution >= 0.6 is 0 Å². The Labute approximate surface area is 159 Å². The normalized spacial score (nSPS) is 54.0. The zero-order valence-corrected chi connectivity index (χ0v) is 16.5. The van der Waals surface area contributed by atoms with Crippen molar-refractivity contribution < 1.29 is 24.2 Å². The second-order valence-corrected chi connectivity index (χ2v) is 9.75. The van der Waals surface area contributed by atoms with Crippen LogP contribution in [-0.2, 0) is 9.59 Å². The van der Waals surface area contributed by atoms with Crippen LogP contribution in [0.3, 0.4) is 0 Å². The van der Waals surface area contributed by atoms with Crippen LogP contribution < -0.4 is 0 Å². The van der Waals surface area contributed by atoms with Crippen molar-refractivity contribution in [2.24, 2.45) is 28.6 Å². The first-order valence-corrected chi connectivity index (χ1v) is 9.97. The summed E-state index contributed by atoms with van der Waals surface area (Å²) in [5.74, 6) is -1.11. The highest BCUT2D eigenvalue weighted by Gasteiger charge is 2.74. The number of allylic oxidation sites excluding steroid dienone is 4. The summed E-state index contributed by atoms with van der Waals surface area (Å²) in [5.41, 5.74) is -4.59. The number of hydrogen-bond acceptors (Lipinski definition) is 4. The van der Waals surface area contributed by atoms with E-state index in [9.17, 15) is 19.8 Å². The summed E-state index contributed by atoms with van der Waals surface area (Å²) < 4.78 is 16.9. The van der Waals surface area contributed by atoms with Gasteiger partial charge in [0.1, 0.15) is 5.60 Å². The summed E-state index contributed by atoms with van der Waals surface area (Å²) in [5, 5.41) is 22.3. The lowest BCUT2D eigenvalue weighted by Crippen LogP contribution is -2.69. The monoisotopic (exact) mass is 376 g/mol. The summed E-state index contributed by atoms with van der Waals surface area (Å²) in [6, 6.07) is 0. The van der Waals surface area contributed by atoms with Gasteiger partial charge in [-0.2, -0.15) is 0 Å². The van der Waals surface area contributed by atoms with Gasteiger partial charge in [0.2, 0.25) is 0 Å². The van der Waals surface area contributed by atoms with E-state index in [-0.39, 0.29) is 29.8 Å². The van der Waals surface area contributed by atoms with Crippen molar-refractivity contribution in [1.82, 2.24) is 0 Å². The smallest absolute Gasteiger partial charge is 0.178 e. The first-order valence-electron chi connectivity index (χ1n) is 9.97. The molecule has 3 saturated carbocycles. The molecule has 4 aliphatic carbocycles. The van der Waals surface area contributed by atoms with Crippen molar-refractivity contribution in [3.63, 3.8) is 0 Å². The van der Waals surface area contributed by atoms with Gasteiger partial charge in [-0.05, 0) is 63.5 Å². The van der Waals surface area contributed by atoms with Gasteiger partial charge < -0.3 is 10.2 Å². The van der Waals surface area contributed by atoms with Crippen molar-refractivity contribution in [2.45, 2.75) is 70.8 Å². The van der Waals surface area contributed by atoms with Gasteiger partial charge in [0.25, 0.3) is 0 Å². The fourth-order valence-electron chi connectivity index (χ4n) is 7.18. The highest BCUT2D eigenvalue weighted by atomic mass is 19.1. The summed E-state index contributed by atoms with van der Waals surface area (Å²) in [7, 11) is 0. The molecule has 0 radical (unpaired) electrons. The minimum absolute atomic E-state index is 0.00153.